The number of benzene rings is 2. The molecular weight excluding hydrogens is 368 g/mol. The van der Waals surface area contributed by atoms with Crippen LogP contribution in [0.5, 0.6) is 11.5 Å². The molecule has 150 valence electrons. The van der Waals surface area contributed by atoms with E-state index in [0.29, 0.717) is 28.8 Å². The molecule has 0 spiro atoms. The Balaban J connectivity index is 1.88. The van der Waals surface area contributed by atoms with Gasteiger partial charge in [-0.3, -0.25) is 4.79 Å². The lowest BCUT2D eigenvalue weighted by atomic mass is 10.1. The van der Waals surface area contributed by atoms with Gasteiger partial charge < -0.3 is 20.1 Å². The summed E-state index contributed by atoms with van der Waals surface area (Å²) < 4.78 is 10.6. The molecule has 0 fully saturated rings. The van der Waals surface area contributed by atoms with Gasteiger partial charge in [-0.1, -0.05) is 25.1 Å². The minimum absolute atomic E-state index is 0.271. The Labute approximate surface area is 170 Å². The Kier molecular flexibility index (Phi) is 6.29. The molecule has 1 aromatic heterocycles. The Morgan fingerprint density at radius 1 is 1.00 bits per heavy atom. The largest absolute Gasteiger partial charge is 0.497 e. The molecule has 0 aliphatic rings. The van der Waals surface area contributed by atoms with Gasteiger partial charge in [-0.2, -0.15) is 0 Å². The molecule has 2 aromatic carbocycles. The monoisotopic (exact) mass is 392 g/mol. The SMILES string of the molecule is CCc1ccccc1NC(=O)c1cc(C)nc(Nc2cc(OC)ccc2OC)n1. The predicted molar refractivity (Wildman–Crippen MR) is 113 cm³/mol. The van der Waals surface area contributed by atoms with Crippen LogP contribution in [0, 0.1) is 6.92 Å². The first-order valence-electron chi connectivity index (χ1n) is 9.28. The molecule has 0 radical (unpaired) electrons. The highest BCUT2D eigenvalue weighted by molar-refractivity contribution is 6.03. The summed E-state index contributed by atoms with van der Waals surface area (Å²) in [6, 6.07) is 14.7. The zero-order valence-corrected chi connectivity index (χ0v) is 16.9. The molecule has 0 aliphatic carbocycles. The number of methoxy groups -OCH3 is 2. The maximum Gasteiger partial charge on any atom is 0.274 e. The number of anilines is 3. The fourth-order valence-electron chi connectivity index (χ4n) is 2.91. The van der Waals surface area contributed by atoms with Crippen molar-refractivity contribution in [2.45, 2.75) is 20.3 Å². The number of carbonyl (C=O) groups excluding carboxylic acids is 1. The second-order valence-corrected chi connectivity index (χ2v) is 6.37. The van der Waals surface area contributed by atoms with Gasteiger partial charge in [0.2, 0.25) is 5.95 Å². The molecule has 3 rings (SSSR count). The number of hydrogen-bond donors (Lipinski definition) is 2. The number of nitrogens with one attached hydrogen (secondary N) is 2. The van der Waals surface area contributed by atoms with Crippen LogP contribution in [0.3, 0.4) is 0 Å². The number of aryl methyl sites for hydroxylation is 2. The Morgan fingerprint density at radius 2 is 1.79 bits per heavy atom. The fraction of sp³-hybridized carbons (Fsp3) is 0.227. The molecule has 7 nitrogen and oxygen atoms in total. The van der Waals surface area contributed by atoms with Crippen molar-refractivity contribution < 1.29 is 14.3 Å². The fourth-order valence-corrected chi connectivity index (χ4v) is 2.91. The number of amides is 1. The molecule has 2 N–H and O–H groups in total. The number of carbonyl (C=O) groups is 1. The summed E-state index contributed by atoms with van der Waals surface area (Å²) in [6.07, 6.45) is 0.821. The highest BCUT2D eigenvalue weighted by Gasteiger charge is 2.14. The molecule has 0 bridgehead atoms. The van der Waals surface area contributed by atoms with E-state index in [1.165, 1.54) is 0 Å². The van der Waals surface area contributed by atoms with Crippen LogP contribution in [0.15, 0.2) is 48.5 Å². The average molecular weight is 392 g/mol. The zero-order chi connectivity index (χ0) is 20.8. The Morgan fingerprint density at radius 3 is 2.52 bits per heavy atom. The summed E-state index contributed by atoms with van der Waals surface area (Å²) in [4.78, 5) is 21.6. The molecule has 7 heteroatoms. The van der Waals surface area contributed by atoms with Crippen LogP contribution in [-0.2, 0) is 6.42 Å². The van der Waals surface area contributed by atoms with Crippen LogP contribution in [-0.4, -0.2) is 30.1 Å². The van der Waals surface area contributed by atoms with Crippen LogP contribution < -0.4 is 20.1 Å². The predicted octanol–water partition coefficient (Wildman–Crippen LogP) is 4.36. The van der Waals surface area contributed by atoms with E-state index in [0.717, 1.165) is 17.7 Å². The molecule has 3 aromatic rings. The maximum absolute atomic E-state index is 12.8. The topological polar surface area (TPSA) is 85.4 Å². The van der Waals surface area contributed by atoms with E-state index in [1.807, 2.05) is 38.1 Å². The lowest BCUT2D eigenvalue weighted by Crippen LogP contribution is -2.16. The standard InChI is InChI=1S/C22H24N4O3/c1-5-15-8-6-7-9-17(15)24-21(27)19-12-14(2)23-22(26-19)25-18-13-16(28-3)10-11-20(18)29-4/h6-13H,5H2,1-4H3,(H,24,27)(H,23,25,26). The van der Waals surface area contributed by atoms with Gasteiger partial charge in [-0.15, -0.1) is 0 Å². The Bertz CT molecular complexity index is 1020. The highest BCUT2D eigenvalue weighted by atomic mass is 16.5. The van der Waals surface area contributed by atoms with Gasteiger partial charge in [-0.25, -0.2) is 9.97 Å². The number of hydrogen-bond acceptors (Lipinski definition) is 6. The number of rotatable bonds is 7. The lowest BCUT2D eigenvalue weighted by Gasteiger charge is -2.13. The summed E-state index contributed by atoms with van der Waals surface area (Å²) in [6.45, 7) is 3.86. The molecular formula is C22H24N4O3. The minimum Gasteiger partial charge on any atom is -0.497 e. The minimum atomic E-state index is -0.294. The highest BCUT2D eigenvalue weighted by Crippen LogP contribution is 2.30. The van der Waals surface area contributed by atoms with E-state index < -0.39 is 0 Å². The van der Waals surface area contributed by atoms with Crippen molar-refractivity contribution in [2.24, 2.45) is 0 Å². The van der Waals surface area contributed by atoms with Gasteiger partial charge in [0.15, 0.2) is 0 Å². The molecule has 0 saturated carbocycles. The van der Waals surface area contributed by atoms with Crippen molar-refractivity contribution in [2.75, 3.05) is 24.9 Å². The maximum atomic E-state index is 12.8. The zero-order valence-electron chi connectivity index (χ0n) is 16.9. The van der Waals surface area contributed by atoms with Crippen LogP contribution in [0.25, 0.3) is 0 Å². The third-order valence-corrected chi connectivity index (χ3v) is 4.39. The van der Waals surface area contributed by atoms with Gasteiger partial charge >= 0.3 is 0 Å². The number of nitrogens with zero attached hydrogens (tertiary/aromatic N) is 2. The van der Waals surface area contributed by atoms with Gasteiger partial charge in [0, 0.05) is 17.4 Å². The smallest absolute Gasteiger partial charge is 0.274 e. The molecule has 0 aliphatic heterocycles. The van der Waals surface area contributed by atoms with E-state index in [9.17, 15) is 4.79 Å². The van der Waals surface area contributed by atoms with Crippen LogP contribution in [0.1, 0.15) is 28.7 Å². The van der Waals surface area contributed by atoms with E-state index >= 15 is 0 Å². The summed E-state index contributed by atoms with van der Waals surface area (Å²) >= 11 is 0. The van der Waals surface area contributed by atoms with Gasteiger partial charge in [0.25, 0.3) is 5.91 Å². The molecule has 29 heavy (non-hydrogen) atoms. The van der Waals surface area contributed by atoms with Gasteiger partial charge in [0.1, 0.15) is 17.2 Å². The van der Waals surface area contributed by atoms with Crippen LogP contribution in [0.2, 0.25) is 0 Å². The average Bonchev–Trinajstić information content (AvgIpc) is 2.73. The van der Waals surface area contributed by atoms with Crippen LogP contribution >= 0.6 is 0 Å². The van der Waals surface area contributed by atoms with E-state index in [4.69, 9.17) is 9.47 Å². The summed E-state index contributed by atoms with van der Waals surface area (Å²) in [5.74, 6) is 1.27. The molecule has 0 atom stereocenters. The summed E-state index contributed by atoms with van der Waals surface area (Å²) in [7, 11) is 3.17. The second-order valence-electron chi connectivity index (χ2n) is 6.37. The molecule has 0 unspecified atom stereocenters. The summed E-state index contributed by atoms with van der Waals surface area (Å²) in [5.41, 5.74) is 3.41. The number of aromatic nitrogens is 2. The normalized spacial score (nSPS) is 10.3. The van der Waals surface area contributed by atoms with Crippen molar-refractivity contribution in [1.29, 1.82) is 0 Å². The van der Waals surface area contributed by atoms with E-state index in [-0.39, 0.29) is 11.6 Å². The van der Waals surface area contributed by atoms with Crippen molar-refractivity contribution in [3.05, 3.63) is 65.5 Å². The molecule has 1 heterocycles. The first-order chi connectivity index (χ1) is 14.0. The molecule has 0 saturated heterocycles. The third kappa shape index (κ3) is 4.82. The first-order valence-corrected chi connectivity index (χ1v) is 9.28. The quantitative estimate of drug-likeness (QED) is 0.621. The third-order valence-electron chi connectivity index (χ3n) is 4.39. The van der Waals surface area contributed by atoms with E-state index in [2.05, 4.69) is 20.6 Å². The first kappa shape index (κ1) is 20.1. The van der Waals surface area contributed by atoms with E-state index in [1.54, 1.807) is 38.5 Å². The molecule has 1 amide bonds. The Hall–Kier alpha value is -3.61. The number of ether oxygens (including phenoxy) is 2. The van der Waals surface area contributed by atoms with Crippen molar-refractivity contribution in [3.8, 4) is 11.5 Å². The van der Waals surface area contributed by atoms with Gasteiger partial charge in [-0.05, 0) is 43.2 Å². The van der Waals surface area contributed by atoms with Crippen molar-refractivity contribution in [1.82, 2.24) is 9.97 Å². The van der Waals surface area contributed by atoms with Crippen molar-refractivity contribution in [3.63, 3.8) is 0 Å². The van der Waals surface area contributed by atoms with Crippen LogP contribution in [0.4, 0.5) is 17.3 Å². The van der Waals surface area contributed by atoms with Gasteiger partial charge in [0.05, 0.1) is 19.9 Å². The number of para-hydroxylation sites is 1. The van der Waals surface area contributed by atoms with Crippen molar-refractivity contribution >= 4 is 23.2 Å². The second kappa shape index (κ2) is 9.05. The lowest BCUT2D eigenvalue weighted by molar-refractivity contribution is 0.102. The summed E-state index contributed by atoms with van der Waals surface area (Å²) in [5, 5.41) is 6.05.